The first-order valence-electron chi connectivity index (χ1n) is 9.15. The third kappa shape index (κ3) is 4.53. The molecule has 0 fully saturated rings. The molecule has 4 heteroatoms. The van der Waals surface area contributed by atoms with Crippen molar-refractivity contribution in [1.82, 2.24) is 4.98 Å². The molecule has 4 nitrogen and oxygen atoms in total. The average molecular weight is 361 g/mol. The fourth-order valence-corrected chi connectivity index (χ4v) is 2.93. The Hall–Kier alpha value is -3.14. The molecule has 0 amide bonds. The van der Waals surface area contributed by atoms with Crippen molar-refractivity contribution in [3.8, 4) is 16.9 Å². The molecule has 27 heavy (non-hydrogen) atoms. The number of benzene rings is 2. The molecule has 2 aromatic carbocycles. The van der Waals surface area contributed by atoms with Gasteiger partial charge in [-0.3, -0.25) is 4.98 Å². The van der Waals surface area contributed by atoms with E-state index in [-0.39, 0.29) is 0 Å². The van der Waals surface area contributed by atoms with E-state index in [0.29, 0.717) is 17.7 Å². The van der Waals surface area contributed by atoms with Crippen LogP contribution in [0.15, 0.2) is 60.7 Å². The summed E-state index contributed by atoms with van der Waals surface area (Å²) in [6.07, 6.45) is 1.75. The monoisotopic (exact) mass is 361 g/mol. The molecule has 0 unspecified atom stereocenters. The fourth-order valence-electron chi connectivity index (χ4n) is 2.93. The minimum atomic E-state index is -0.922. The van der Waals surface area contributed by atoms with Crippen LogP contribution in [0.2, 0.25) is 0 Å². The van der Waals surface area contributed by atoms with E-state index in [9.17, 15) is 9.90 Å². The molecule has 0 aliphatic rings. The zero-order chi connectivity index (χ0) is 19.2. The zero-order valence-electron chi connectivity index (χ0n) is 15.6. The zero-order valence-corrected chi connectivity index (χ0v) is 15.6. The standard InChI is InChI=1S/C23H23NO3/c1-3-18-13-20(14-19(4-2)24-18)27-15-16-9-11-17(12-10-16)21-7-5-6-8-22(21)23(25)26/h5-14H,3-4,15H2,1-2H3,(H,25,26). The van der Waals surface area contributed by atoms with Gasteiger partial charge in [0.1, 0.15) is 12.4 Å². The van der Waals surface area contributed by atoms with Gasteiger partial charge in [0.25, 0.3) is 0 Å². The molecule has 1 heterocycles. The Morgan fingerprint density at radius 1 is 0.963 bits per heavy atom. The van der Waals surface area contributed by atoms with Gasteiger partial charge < -0.3 is 9.84 Å². The van der Waals surface area contributed by atoms with E-state index in [1.165, 1.54) is 0 Å². The highest BCUT2D eigenvalue weighted by Gasteiger charge is 2.10. The molecule has 0 bridgehead atoms. The molecule has 3 aromatic rings. The molecule has 138 valence electrons. The van der Waals surface area contributed by atoms with Gasteiger partial charge in [-0.1, -0.05) is 56.3 Å². The number of aromatic nitrogens is 1. The quantitative estimate of drug-likeness (QED) is 0.632. The fraction of sp³-hybridized carbons (Fsp3) is 0.217. The van der Waals surface area contributed by atoms with Crippen molar-refractivity contribution in [1.29, 1.82) is 0 Å². The summed E-state index contributed by atoms with van der Waals surface area (Å²) in [6.45, 7) is 4.62. The van der Waals surface area contributed by atoms with Gasteiger partial charge in [-0.2, -0.15) is 0 Å². The summed E-state index contributed by atoms with van der Waals surface area (Å²) in [5.74, 6) is -0.0897. The summed E-state index contributed by atoms with van der Waals surface area (Å²) in [6, 6.07) is 18.8. The lowest BCUT2D eigenvalue weighted by molar-refractivity contribution is 0.0697. The van der Waals surface area contributed by atoms with E-state index >= 15 is 0 Å². The van der Waals surface area contributed by atoms with Crippen molar-refractivity contribution in [2.24, 2.45) is 0 Å². The van der Waals surface area contributed by atoms with Crippen LogP contribution in [0.25, 0.3) is 11.1 Å². The van der Waals surface area contributed by atoms with Gasteiger partial charge in [-0.05, 0) is 35.6 Å². The minimum Gasteiger partial charge on any atom is -0.489 e. The third-order valence-corrected chi connectivity index (χ3v) is 4.46. The predicted octanol–water partition coefficient (Wildman–Crippen LogP) is 5.15. The van der Waals surface area contributed by atoms with Crippen LogP contribution in [0.4, 0.5) is 0 Å². The summed E-state index contributed by atoms with van der Waals surface area (Å²) in [4.78, 5) is 16.0. The molecular weight excluding hydrogens is 338 g/mol. The van der Waals surface area contributed by atoms with E-state index in [1.807, 2.05) is 48.5 Å². The first-order valence-corrected chi connectivity index (χ1v) is 9.15. The Bertz CT molecular complexity index is 910. The van der Waals surface area contributed by atoms with Crippen LogP contribution in [-0.2, 0) is 19.4 Å². The highest BCUT2D eigenvalue weighted by molar-refractivity contribution is 5.95. The third-order valence-electron chi connectivity index (χ3n) is 4.46. The molecule has 0 aliphatic carbocycles. The maximum absolute atomic E-state index is 11.4. The molecule has 0 saturated carbocycles. The van der Waals surface area contributed by atoms with Crippen LogP contribution >= 0.6 is 0 Å². The van der Waals surface area contributed by atoms with Crippen molar-refractivity contribution < 1.29 is 14.6 Å². The molecule has 0 saturated heterocycles. The molecule has 0 aliphatic heterocycles. The molecule has 0 spiro atoms. The smallest absolute Gasteiger partial charge is 0.336 e. The van der Waals surface area contributed by atoms with Gasteiger partial charge >= 0.3 is 5.97 Å². The maximum Gasteiger partial charge on any atom is 0.336 e. The van der Waals surface area contributed by atoms with Crippen molar-refractivity contribution in [3.63, 3.8) is 0 Å². The number of rotatable bonds is 7. The van der Waals surface area contributed by atoms with Gasteiger partial charge in [0.15, 0.2) is 0 Å². The van der Waals surface area contributed by atoms with Crippen LogP contribution in [0.1, 0.15) is 41.2 Å². The lowest BCUT2D eigenvalue weighted by Crippen LogP contribution is -2.00. The van der Waals surface area contributed by atoms with Crippen LogP contribution in [0.5, 0.6) is 5.75 Å². The second kappa shape index (κ2) is 8.49. The predicted molar refractivity (Wildman–Crippen MR) is 106 cm³/mol. The lowest BCUT2D eigenvalue weighted by Gasteiger charge is -2.11. The van der Waals surface area contributed by atoms with Gasteiger partial charge in [0.05, 0.1) is 5.56 Å². The van der Waals surface area contributed by atoms with Crippen LogP contribution in [-0.4, -0.2) is 16.1 Å². The van der Waals surface area contributed by atoms with Gasteiger partial charge in [-0.25, -0.2) is 4.79 Å². The number of hydrogen-bond acceptors (Lipinski definition) is 3. The molecule has 3 rings (SSSR count). The van der Waals surface area contributed by atoms with Crippen molar-refractivity contribution in [2.45, 2.75) is 33.3 Å². The number of nitrogens with zero attached hydrogens (tertiary/aromatic N) is 1. The topological polar surface area (TPSA) is 59.4 Å². The van der Waals surface area contributed by atoms with Crippen molar-refractivity contribution in [2.75, 3.05) is 0 Å². The Balaban J connectivity index is 1.75. The Labute approximate surface area is 159 Å². The molecular formula is C23H23NO3. The van der Waals surface area contributed by atoms with Crippen molar-refractivity contribution in [3.05, 3.63) is 83.2 Å². The first-order chi connectivity index (χ1) is 13.1. The SMILES string of the molecule is CCc1cc(OCc2ccc(-c3ccccc3C(=O)O)cc2)cc(CC)n1. The molecule has 1 aromatic heterocycles. The average Bonchev–Trinajstić information content (AvgIpc) is 2.72. The van der Waals surface area contributed by atoms with E-state index in [2.05, 4.69) is 18.8 Å². The number of carboxylic acid groups (broad SMARTS) is 1. The minimum absolute atomic E-state index is 0.303. The summed E-state index contributed by atoms with van der Waals surface area (Å²) in [7, 11) is 0. The summed E-state index contributed by atoms with van der Waals surface area (Å²) in [5.41, 5.74) is 4.99. The Morgan fingerprint density at radius 2 is 1.59 bits per heavy atom. The number of pyridine rings is 1. The largest absolute Gasteiger partial charge is 0.489 e. The molecule has 1 N–H and O–H groups in total. The molecule has 0 radical (unpaired) electrons. The second-order valence-corrected chi connectivity index (χ2v) is 6.33. The number of aryl methyl sites for hydroxylation is 2. The van der Waals surface area contributed by atoms with E-state index in [4.69, 9.17) is 4.74 Å². The lowest BCUT2D eigenvalue weighted by atomic mass is 9.99. The first kappa shape index (κ1) is 18.6. The highest BCUT2D eigenvalue weighted by atomic mass is 16.5. The number of ether oxygens (including phenoxy) is 1. The number of hydrogen-bond donors (Lipinski definition) is 1. The van der Waals surface area contributed by atoms with E-state index in [1.54, 1.807) is 12.1 Å². The van der Waals surface area contributed by atoms with Gasteiger partial charge in [0, 0.05) is 23.5 Å². The van der Waals surface area contributed by atoms with E-state index in [0.717, 1.165) is 41.1 Å². The molecule has 0 atom stereocenters. The number of carboxylic acids is 1. The Kier molecular flexibility index (Phi) is 5.87. The normalized spacial score (nSPS) is 10.6. The Morgan fingerprint density at radius 3 is 2.19 bits per heavy atom. The van der Waals surface area contributed by atoms with Gasteiger partial charge in [0.2, 0.25) is 0 Å². The summed E-state index contributed by atoms with van der Waals surface area (Å²) in [5, 5.41) is 9.35. The maximum atomic E-state index is 11.4. The number of aromatic carboxylic acids is 1. The summed E-state index contributed by atoms with van der Waals surface area (Å²) < 4.78 is 5.95. The number of carbonyl (C=O) groups is 1. The van der Waals surface area contributed by atoms with Crippen LogP contribution in [0, 0.1) is 0 Å². The summed E-state index contributed by atoms with van der Waals surface area (Å²) >= 11 is 0. The van der Waals surface area contributed by atoms with Crippen molar-refractivity contribution >= 4 is 5.97 Å². The van der Waals surface area contributed by atoms with Gasteiger partial charge in [-0.15, -0.1) is 0 Å². The second-order valence-electron chi connectivity index (χ2n) is 6.33. The highest BCUT2D eigenvalue weighted by Crippen LogP contribution is 2.25. The van der Waals surface area contributed by atoms with E-state index < -0.39 is 5.97 Å². The van der Waals surface area contributed by atoms with Crippen LogP contribution < -0.4 is 4.74 Å². The van der Waals surface area contributed by atoms with Crippen LogP contribution in [0.3, 0.4) is 0 Å².